The average molecular weight is 369 g/mol. The number of hydrogen-bond acceptors (Lipinski definition) is 6. The smallest absolute Gasteiger partial charge is 0.311 e. The van der Waals surface area contributed by atoms with Crippen molar-refractivity contribution in [1.29, 1.82) is 0 Å². The summed E-state index contributed by atoms with van der Waals surface area (Å²) < 4.78 is 23.6. The van der Waals surface area contributed by atoms with Crippen molar-refractivity contribution in [3.05, 3.63) is 76.0 Å². The quantitative estimate of drug-likeness (QED) is 0.485. The van der Waals surface area contributed by atoms with Gasteiger partial charge < -0.3 is 9.47 Å². The Morgan fingerprint density at radius 1 is 1.04 bits per heavy atom. The van der Waals surface area contributed by atoms with Crippen LogP contribution in [0.25, 0.3) is 11.3 Å². The van der Waals surface area contributed by atoms with Crippen molar-refractivity contribution >= 4 is 5.69 Å². The highest BCUT2D eigenvalue weighted by Gasteiger charge is 2.16. The summed E-state index contributed by atoms with van der Waals surface area (Å²) >= 11 is 0. The van der Waals surface area contributed by atoms with Crippen molar-refractivity contribution in [2.75, 3.05) is 14.2 Å². The highest BCUT2D eigenvalue weighted by molar-refractivity contribution is 5.67. The molecule has 0 unspecified atom stereocenters. The second kappa shape index (κ2) is 7.77. The Morgan fingerprint density at radius 3 is 2.52 bits per heavy atom. The molecule has 0 aliphatic rings. The van der Waals surface area contributed by atoms with E-state index in [1.54, 1.807) is 24.3 Å². The largest absolute Gasteiger partial charge is 0.496 e. The Morgan fingerprint density at radius 2 is 1.81 bits per heavy atom. The molecule has 8 heteroatoms. The van der Waals surface area contributed by atoms with E-state index in [1.807, 2.05) is 0 Å². The molecular formula is C19H16FN3O4. The third kappa shape index (κ3) is 4.00. The van der Waals surface area contributed by atoms with Gasteiger partial charge in [-0.1, -0.05) is 6.07 Å². The molecule has 0 bridgehead atoms. The standard InChI is InChI=1S/C19H16FN3O4/c1-26-18-6-3-12(8-17(18)23(24)25)7-14-10-16(22-11-21-14)15-5-4-13(20)9-19(15)27-2/h3-6,8-11H,7H2,1-2H3. The molecule has 1 heterocycles. The maximum absolute atomic E-state index is 13.4. The van der Waals surface area contributed by atoms with Crippen LogP contribution in [0.5, 0.6) is 11.5 Å². The number of nitro benzene ring substituents is 1. The van der Waals surface area contributed by atoms with Gasteiger partial charge in [-0.2, -0.15) is 0 Å². The molecule has 0 N–H and O–H groups in total. The van der Waals surface area contributed by atoms with E-state index >= 15 is 0 Å². The van der Waals surface area contributed by atoms with E-state index in [1.165, 1.54) is 38.7 Å². The molecule has 0 saturated carbocycles. The minimum Gasteiger partial charge on any atom is -0.496 e. The topological polar surface area (TPSA) is 87.4 Å². The molecule has 0 saturated heterocycles. The lowest BCUT2D eigenvalue weighted by atomic mass is 10.1. The molecule has 2 aromatic carbocycles. The van der Waals surface area contributed by atoms with E-state index in [-0.39, 0.29) is 11.4 Å². The van der Waals surface area contributed by atoms with Gasteiger partial charge in [0.1, 0.15) is 17.9 Å². The number of halogens is 1. The third-order valence-electron chi connectivity index (χ3n) is 3.99. The van der Waals surface area contributed by atoms with E-state index in [4.69, 9.17) is 9.47 Å². The number of nitrogens with zero attached hydrogens (tertiary/aromatic N) is 3. The van der Waals surface area contributed by atoms with Gasteiger partial charge in [0.25, 0.3) is 0 Å². The Balaban J connectivity index is 1.93. The average Bonchev–Trinajstić information content (AvgIpc) is 2.68. The first-order chi connectivity index (χ1) is 13.0. The molecule has 0 spiro atoms. The van der Waals surface area contributed by atoms with Gasteiger partial charge in [0.05, 0.1) is 24.8 Å². The fraction of sp³-hybridized carbons (Fsp3) is 0.158. The molecule has 1 aromatic heterocycles. The number of ether oxygens (including phenoxy) is 2. The number of nitro groups is 1. The van der Waals surface area contributed by atoms with Gasteiger partial charge in [-0.25, -0.2) is 14.4 Å². The van der Waals surface area contributed by atoms with Gasteiger partial charge in [0.15, 0.2) is 5.75 Å². The maximum atomic E-state index is 13.4. The van der Waals surface area contributed by atoms with Crippen LogP contribution in [0.1, 0.15) is 11.3 Å². The molecule has 0 radical (unpaired) electrons. The van der Waals surface area contributed by atoms with E-state index < -0.39 is 10.7 Å². The Hall–Kier alpha value is -3.55. The summed E-state index contributed by atoms with van der Waals surface area (Å²) in [7, 11) is 2.84. The Bertz CT molecular complexity index is 994. The molecule has 27 heavy (non-hydrogen) atoms. The van der Waals surface area contributed by atoms with Gasteiger partial charge in [0, 0.05) is 29.8 Å². The van der Waals surface area contributed by atoms with Gasteiger partial charge >= 0.3 is 5.69 Å². The number of rotatable bonds is 6. The first-order valence-corrected chi connectivity index (χ1v) is 7.98. The van der Waals surface area contributed by atoms with E-state index in [2.05, 4.69) is 9.97 Å². The number of benzene rings is 2. The van der Waals surface area contributed by atoms with E-state index in [0.717, 1.165) is 0 Å². The van der Waals surface area contributed by atoms with Crippen molar-refractivity contribution in [2.24, 2.45) is 0 Å². The molecular weight excluding hydrogens is 353 g/mol. The molecule has 0 amide bonds. The van der Waals surface area contributed by atoms with Crippen LogP contribution in [0.3, 0.4) is 0 Å². The van der Waals surface area contributed by atoms with Gasteiger partial charge in [-0.3, -0.25) is 10.1 Å². The first kappa shape index (κ1) is 18.2. The lowest BCUT2D eigenvalue weighted by molar-refractivity contribution is -0.385. The van der Waals surface area contributed by atoms with Crippen molar-refractivity contribution in [3.63, 3.8) is 0 Å². The molecule has 0 aliphatic heterocycles. The summed E-state index contributed by atoms with van der Waals surface area (Å²) in [5.74, 6) is 0.151. The van der Waals surface area contributed by atoms with Crippen molar-refractivity contribution in [2.45, 2.75) is 6.42 Å². The number of hydrogen-bond donors (Lipinski definition) is 0. The van der Waals surface area contributed by atoms with Gasteiger partial charge in [0.2, 0.25) is 0 Å². The minimum absolute atomic E-state index is 0.107. The fourth-order valence-corrected chi connectivity index (χ4v) is 2.72. The van der Waals surface area contributed by atoms with E-state index in [0.29, 0.717) is 34.7 Å². The van der Waals surface area contributed by atoms with Crippen LogP contribution < -0.4 is 9.47 Å². The minimum atomic E-state index is -0.489. The molecule has 0 aliphatic carbocycles. The highest BCUT2D eigenvalue weighted by atomic mass is 19.1. The SMILES string of the molecule is COc1cc(F)ccc1-c1cc(Cc2ccc(OC)c([N+](=O)[O-])c2)ncn1. The van der Waals surface area contributed by atoms with Crippen LogP contribution >= 0.6 is 0 Å². The first-order valence-electron chi connectivity index (χ1n) is 7.98. The summed E-state index contributed by atoms with van der Waals surface area (Å²) in [5.41, 5.74) is 2.46. The van der Waals surface area contributed by atoms with Crippen LogP contribution in [-0.2, 0) is 6.42 Å². The molecule has 0 fully saturated rings. The molecule has 0 atom stereocenters. The number of aromatic nitrogens is 2. The monoisotopic (exact) mass is 369 g/mol. The summed E-state index contributed by atoms with van der Waals surface area (Å²) in [5, 5.41) is 11.2. The van der Waals surface area contributed by atoms with E-state index in [9.17, 15) is 14.5 Å². The fourth-order valence-electron chi connectivity index (χ4n) is 2.72. The zero-order chi connectivity index (χ0) is 19.4. The maximum Gasteiger partial charge on any atom is 0.311 e. The predicted octanol–water partition coefficient (Wildman–Crippen LogP) is 3.80. The molecule has 7 nitrogen and oxygen atoms in total. The summed E-state index contributed by atoms with van der Waals surface area (Å²) in [6.07, 6.45) is 1.76. The normalized spacial score (nSPS) is 10.5. The van der Waals surface area contributed by atoms with Gasteiger partial charge in [-0.05, 0) is 29.8 Å². The predicted molar refractivity (Wildman–Crippen MR) is 96.4 cm³/mol. The summed E-state index contributed by atoms with van der Waals surface area (Å²) in [6, 6.07) is 10.7. The second-order valence-electron chi connectivity index (χ2n) is 5.68. The van der Waals surface area contributed by atoms with Crippen LogP contribution in [0, 0.1) is 15.9 Å². The lowest BCUT2D eigenvalue weighted by Gasteiger charge is -2.09. The third-order valence-corrected chi connectivity index (χ3v) is 3.99. The zero-order valence-electron chi connectivity index (χ0n) is 14.7. The van der Waals surface area contributed by atoms with Crippen molar-refractivity contribution in [3.8, 4) is 22.8 Å². The lowest BCUT2D eigenvalue weighted by Crippen LogP contribution is -1.99. The zero-order valence-corrected chi connectivity index (χ0v) is 14.7. The Labute approximate surface area is 154 Å². The van der Waals surface area contributed by atoms with Crippen LogP contribution in [0.15, 0.2) is 48.8 Å². The summed E-state index contributed by atoms with van der Waals surface area (Å²) in [4.78, 5) is 19.1. The van der Waals surface area contributed by atoms with Crippen molar-refractivity contribution in [1.82, 2.24) is 9.97 Å². The van der Waals surface area contributed by atoms with Crippen LogP contribution in [0.4, 0.5) is 10.1 Å². The molecule has 3 aromatic rings. The second-order valence-corrected chi connectivity index (χ2v) is 5.68. The highest BCUT2D eigenvalue weighted by Crippen LogP contribution is 2.31. The van der Waals surface area contributed by atoms with Gasteiger partial charge in [-0.15, -0.1) is 0 Å². The molecule has 3 rings (SSSR count). The van der Waals surface area contributed by atoms with Crippen molar-refractivity contribution < 1.29 is 18.8 Å². The molecule has 138 valence electrons. The van der Waals surface area contributed by atoms with Crippen LogP contribution in [0.2, 0.25) is 0 Å². The number of methoxy groups -OCH3 is 2. The Kier molecular flexibility index (Phi) is 5.25. The summed E-state index contributed by atoms with van der Waals surface area (Å²) in [6.45, 7) is 0. The van der Waals surface area contributed by atoms with Crippen LogP contribution in [-0.4, -0.2) is 29.1 Å².